The van der Waals surface area contributed by atoms with Crippen LogP contribution in [0, 0.1) is 0 Å². The Kier molecular flexibility index (Phi) is 13.5. The van der Waals surface area contributed by atoms with E-state index in [1.54, 1.807) is 12.1 Å². The summed E-state index contributed by atoms with van der Waals surface area (Å²) in [5.74, 6) is -0.778. The van der Waals surface area contributed by atoms with Crippen molar-refractivity contribution in [1.29, 1.82) is 0 Å². The summed E-state index contributed by atoms with van der Waals surface area (Å²) in [6.45, 7) is 14.4. The first-order chi connectivity index (χ1) is 34.6. The molecular weight excluding hydrogens is 963 g/mol. The fraction of sp³-hybridized carbons (Fsp3) is 0.259. The Morgan fingerprint density at radius 3 is 1.78 bits per heavy atom. The number of rotatable bonds is 14. The van der Waals surface area contributed by atoms with E-state index in [1.807, 2.05) is 60.7 Å². The van der Waals surface area contributed by atoms with Crippen LogP contribution in [-0.4, -0.2) is 74.5 Å². The highest BCUT2D eigenvalue weighted by Gasteiger charge is 2.46. The van der Waals surface area contributed by atoms with Crippen molar-refractivity contribution in [3.05, 3.63) is 179 Å². The van der Waals surface area contributed by atoms with E-state index in [1.165, 1.54) is 38.1 Å². The molecule has 6 aromatic carbocycles. The molecule has 2 heterocycles. The quantitative estimate of drug-likeness (QED) is 0.0602. The number of benzene rings is 6. The van der Waals surface area contributed by atoms with Crippen molar-refractivity contribution >= 4 is 82.2 Å². The Morgan fingerprint density at radius 1 is 0.671 bits per heavy atom. The fourth-order valence-electron chi connectivity index (χ4n) is 11.3. The highest BCUT2D eigenvalue weighted by atomic mass is 32.2. The van der Waals surface area contributed by atoms with Crippen molar-refractivity contribution in [3.8, 4) is 0 Å². The average Bonchev–Trinajstić information content (AvgIpc) is 3.90. The second kappa shape index (κ2) is 19.4. The lowest BCUT2D eigenvalue weighted by atomic mass is 9.79. The lowest BCUT2D eigenvalue weighted by molar-refractivity contribution is -0.440. The average molecular weight is 1020 g/mol. The Labute approximate surface area is 426 Å². The van der Waals surface area contributed by atoms with Gasteiger partial charge in [0.15, 0.2) is 18.9 Å². The summed E-state index contributed by atoms with van der Waals surface area (Å²) in [4.78, 5) is 28.3. The summed E-state index contributed by atoms with van der Waals surface area (Å²) in [5.41, 5.74) is 10.5. The molecule has 0 fully saturated rings. The van der Waals surface area contributed by atoms with E-state index in [-0.39, 0.29) is 34.9 Å². The van der Waals surface area contributed by atoms with Gasteiger partial charge in [0.05, 0.1) is 27.4 Å². The van der Waals surface area contributed by atoms with Gasteiger partial charge in [0.25, 0.3) is 20.2 Å². The molecule has 376 valence electrons. The number of ether oxygens (including phenoxy) is 2. The number of fused-ring (bicyclic) bond motifs is 6. The maximum atomic E-state index is 12.2. The highest BCUT2D eigenvalue weighted by Crippen LogP contribution is 2.53. The Hall–Kier alpha value is -7.17. The van der Waals surface area contributed by atoms with Gasteiger partial charge in [-0.1, -0.05) is 80.6 Å². The van der Waals surface area contributed by atoms with Crippen molar-refractivity contribution in [2.24, 2.45) is 0 Å². The Morgan fingerprint density at radius 2 is 1.22 bits per heavy atom. The van der Waals surface area contributed by atoms with E-state index >= 15 is 0 Å². The molecule has 0 saturated heterocycles. The van der Waals surface area contributed by atoms with Gasteiger partial charge < -0.3 is 19.3 Å². The van der Waals surface area contributed by atoms with Crippen LogP contribution in [0.1, 0.15) is 72.4 Å². The molecular formula is C58H58N3O10S2+. The van der Waals surface area contributed by atoms with Gasteiger partial charge in [0, 0.05) is 59.7 Å². The number of anilines is 3. The minimum atomic E-state index is -4.45. The van der Waals surface area contributed by atoms with Gasteiger partial charge in [-0.05, 0) is 138 Å². The standard InChI is InChI=1S/C58H57N3O10S2/c1-37(56-58(6,7)54-49-26-24-47(73(67,68)69)36-42(49)21-28-51(54)60(56)31-33-71-39(3)63)34-43-19-18-40(55(43)61(44-14-10-8-11-15-44)45-16-12-9-13-17-45)22-29-52-57(4,5)53-48-25-23-46(72(64,65)66)35-41(48)20-27-50(53)59(52)30-32-70-38(2)62/h8-17,20-29,34-36H,18-19,30-33H2,1-7H3,(H-,64,65,66,67,68,69)/p+1. The topological polar surface area (TPSA) is 171 Å². The van der Waals surface area contributed by atoms with E-state index in [4.69, 9.17) is 9.47 Å². The molecule has 3 aliphatic rings. The Bertz CT molecular complexity index is 3610. The maximum Gasteiger partial charge on any atom is 0.302 e. The molecule has 0 radical (unpaired) electrons. The van der Waals surface area contributed by atoms with E-state index in [0.717, 1.165) is 78.5 Å². The van der Waals surface area contributed by atoms with Crippen LogP contribution in [0.5, 0.6) is 0 Å². The molecule has 73 heavy (non-hydrogen) atoms. The summed E-state index contributed by atoms with van der Waals surface area (Å²) < 4.78 is 81.9. The minimum Gasteiger partial charge on any atom is -0.464 e. The smallest absolute Gasteiger partial charge is 0.302 e. The molecule has 0 atom stereocenters. The summed E-state index contributed by atoms with van der Waals surface area (Å²) >= 11 is 0. The number of nitrogens with zero attached hydrogens (tertiary/aromatic N) is 3. The first-order valence-electron chi connectivity index (χ1n) is 24.1. The third-order valence-corrected chi connectivity index (χ3v) is 15.8. The molecule has 15 heteroatoms. The Balaban J connectivity index is 1.24. The zero-order valence-corrected chi connectivity index (χ0v) is 43.5. The summed E-state index contributed by atoms with van der Waals surface area (Å²) in [6, 6.07) is 37.3. The van der Waals surface area contributed by atoms with Gasteiger partial charge in [-0.15, -0.1) is 0 Å². The van der Waals surface area contributed by atoms with Crippen LogP contribution in [-0.2, 0) is 50.1 Å². The number of para-hydroxylation sites is 2. The number of esters is 2. The van der Waals surface area contributed by atoms with Crippen molar-refractivity contribution in [2.75, 3.05) is 36.1 Å². The van der Waals surface area contributed by atoms with E-state index < -0.39 is 31.1 Å². The number of carbonyl (C=O) groups excluding carboxylic acids is 2. The molecule has 0 spiro atoms. The maximum absolute atomic E-state index is 12.2. The van der Waals surface area contributed by atoms with Gasteiger partial charge >= 0.3 is 11.9 Å². The van der Waals surface area contributed by atoms with Crippen molar-refractivity contribution < 1.29 is 49.6 Å². The van der Waals surface area contributed by atoms with Crippen molar-refractivity contribution in [3.63, 3.8) is 0 Å². The fourth-order valence-corrected chi connectivity index (χ4v) is 12.3. The largest absolute Gasteiger partial charge is 0.464 e. The first kappa shape index (κ1) is 50.8. The molecule has 9 rings (SSSR count). The van der Waals surface area contributed by atoms with Crippen LogP contribution in [0.25, 0.3) is 21.5 Å². The number of hydrogen-bond donors (Lipinski definition) is 2. The summed E-state index contributed by atoms with van der Waals surface area (Å²) in [5, 5.41) is 2.99. The molecule has 6 aromatic rings. The lowest BCUT2D eigenvalue weighted by Gasteiger charge is -2.30. The molecule has 0 aromatic heterocycles. The SMILES string of the molecule is CC(=O)OCCN1/C(=C(C)/C=C2\CCC(/C=C/C3=[N+](CCOC(C)=O)c4ccc5cc(S(=O)(=O)O)ccc5c4C3(C)C)=C2N(c2ccccc2)c2ccccc2)C(C)(C)c2c1ccc1cc(S(=O)(=O)O)ccc21. The molecule has 0 amide bonds. The van der Waals surface area contributed by atoms with Gasteiger partial charge in [0.1, 0.15) is 6.61 Å². The second-order valence-electron chi connectivity index (χ2n) is 19.7. The summed E-state index contributed by atoms with van der Waals surface area (Å²) in [7, 11) is -8.89. The van der Waals surface area contributed by atoms with Crippen molar-refractivity contribution in [1.82, 2.24) is 0 Å². The normalized spacial score (nSPS) is 17.5. The monoisotopic (exact) mass is 1020 g/mol. The minimum absolute atomic E-state index is 0.131. The van der Waals surface area contributed by atoms with E-state index in [0.29, 0.717) is 36.7 Å². The molecule has 1 aliphatic carbocycles. The predicted molar refractivity (Wildman–Crippen MR) is 285 cm³/mol. The van der Waals surface area contributed by atoms with Crippen LogP contribution in [0.3, 0.4) is 0 Å². The van der Waals surface area contributed by atoms with Crippen LogP contribution in [0.4, 0.5) is 22.7 Å². The summed E-state index contributed by atoms with van der Waals surface area (Å²) in [6.07, 6.45) is 7.97. The number of allylic oxidation sites excluding steroid dienone is 7. The molecule has 0 unspecified atom stereocenters. The lowest BCUT2D eigenvalue weighted by Crippen LogP contribution is -2.30. The van der Waals surface area contributed by atoms with Crippen LogP contribution >= 0.6 is 0 Å². The van der Waals surface area contributed by atoms with Crippen molar-refractivity contribution in [2.45, 2.75) is 81.9 Å². The molecule has 2 N–H and O–H groups in total. The molecule has 0 bridgehead atoms. The molecule has 0 saturated carbocycles. The third kappa shape index (κ3) is 9.65. The molecule has 2 aliphatic heterocycles. The van der Waals surface area contributed by atoms with Crippen LogP contribution in [0.15, 0.2) is 177 Å². The van der Waals surface area contributed by atoms with E-state index in [2.05, 4.69) is 91.5 Å². The number of carbonyl (C=O) groups is 2. The van der Waals surface area contributed by atoms with Gasteiger partial charge in [-0.2, -0.15) is 21.4 Å². The zero-order chi connectivity index (χ0) is 52.2. The van der Waals surface area contributed by atoms with E-state index in [9.17, 15) is 35.5 Å². The van der Waals surface area contributed by atoms with Crippen LogP contribution in [0.2, 0.25) is 0 Å². The van der Waals surface area contributed by atoms with Crippen LogP contribution < -0.4 is 9.80 Å². The zero-order valence-electron chi connectivity index (χ0n) is 41.8. The van der Waals surface area contributed by atoms with Gasteiger partial charge in [-0.3, -0.25) is 18.7 Å². The predicted octanol–water partition coefficient (Wildman–Crippen LogP) is 11.4. The highest BCUT2D eigenvalue weighted by molar-refractivity contribution is 7.86. The second-order valence-corrected chi connectivity index (χ2v) is 22.5. The number of hydrogen-bond acceptors (Lipinski definition) is 10. The van der Waals surface area contributed by atoms with Gasteiger partial charge in [0.2, 0.25) is 5.69 Å². The van der Waals surface area contributed by atoms with Gasteiger partial charge in [-0.25, -0.2) is 0 Å². The first-order valence-corrected chi connectivity index (χ1v) is 27.0. The molecule has 13 nitrogen and oxygen atoms in total. The third-order valence-electron chi connectivity index (χ3n) is 14.1.